The minimum atomic E-state index is -0.696. The highest BCUT2D eigenvalue weighted by atomic mass is 79.9. The Hall–Kier alpha value is -2.01. The van der Waals surface area contributed by atoms with Crippen LogP contribution in [0.25, 0.3) is 0 Å². The molecule has 4 nitrogen and oxygen atoms in total. The SMILES string of the molecule is CC(C)(Br)C(=O)Oc1ccc(C=NCCc2ccccn2)cc1. The third-order valence-electron chi connectivity index (χ3n) is 3.04. The molecular weight excluding hydrogens is 356 g/mol. The zero-order chi connectivity index (χ0) is 16.7. The summed E-state index contributed by atoms with van der Waals surface area (Å²) in [5, 5.41) is 0. The number of aliphatic imine (C=N–C) groups is 1. The molecule has 1 aromatic heterocycles. The second kappa shape index (κ2) is 8.02. The van der Waals surface area contributed by atoms with Gasteiger partial charge in [0.2, 0.25) is 0 Å². The van der Waals surface area contributed by atoms with Crippen molar-refractivity contribution in [2.45, 2.75) is 24.6 Å². The van der Waals surface area contributed by atoms with Crippen LogP contribution in [0.2, 0.25) is 0 Å². The largest absolute Gasteiger partial charge is 0.426 e. The molecule has 0 aliphatic rings. The highest BCUT2D eigenvalue weighted by Crippen LogP contribution is 2.20. The number of nitrogens with zero attached hydrogens (tertiary/aromatic N) is 2. The molecule has 0 amide bonds. The van der Waals surface area contributed by atoms with Crippen LogP contribution in [0, 0.1) is 0 Å². The lowest BCUT2D eigenvalue weighted by Crippen LogP contribution is -2.29. The number of hydrogen-bond donors (Lipinski definition) is 0. The molecule has 0 aliphatic heterocycles. The molecule has 0 spiro atoms. The predicted octanol–water partition coefficient (Wildman–Crippen LogP) is 3.82. The van der Waals surface area contributed by atoms with E-state index in [0.717, 1.165) is 17.7 Å². The van der Waals surface area contributed by atoms with E-state index < -0.39 is 4.32 Å². The van der Waals surface area contributed by atoms with Crippen molar-refractivity contribution >= 4 is 28.1 Å². The highest BCUT2D eigenvalue weighted by Gasteiger charge is 2.25. The summed E-state index contributed by atoms with van der Waals surface area (Å²) in [6.45, 7) is 4.18. The topological polar surface area (TPSA) is 51.5 Å². The first-order valence-corrected chi connectivity index (χ1v) is 8.15. The fourth-order valence-electron chi connectivity index (χ4n) is 1.75. The second-order valence-corrected chi connectivity index (χ2v) is 7.52. The maximum Gasteiger partial charge on any atom is 0.327 e. The van der Waals surface area contributed by atoms with Crippen LogP contribution < -0.4 is 4.74 Å². The molecule has 0 bridgehead atoms. The summed E-state index contributed by atoms with van der Waals surface area (Å²) in [5.41, 5.74) is 1.99. The third kappa shape index (κ3) is 5.94. The van der Waals surface area contributed by atoms with Gasteiger partial charge in [-0.1, -0.05) is 22.0 Å². The average molecular weight is 375 g/mol. The number of pyridine rings is 1. The molecule has 2 aromatic rings. The number of carbonyl (C=O) groups excluding carboxylic acids is 1. The summed E-state index contributed by atoms with van der Waals surface area (Å²) < 4.78 is 4.58. The Kier molecular flexibility index (Phi) is 6.04. The maximum absolute atomic E-state index is 11.8. The van der Waals surface area contributed by atoms with Crippen molar-refractivity contribution in [3.63, 3.8) is 0 Å². The van der Waals surface area contributed by atoms with Crippen molar-refractivity contribution in [2.24, 2.45) is 4.99 Å². The maximum atomic E-state index is 11.8. The van der Waals surface area contributed by atoms with Crippen LogP contribution >= 0.6 is 15.9 Å². The quantitative estimate of drug-likeness (QED) is 0.334. The summed E-state index contributed by atoms with van der Waals surface area (Å²) in [6.07, 6.45) is 4.41. The molecular formula is C18H19BrN2O2. The molecule has 0 atom stereocenters. The smallest absolute Gasteiger partial charge is 0.327 e. The molecule has 0 fully saturated rings. The molecule has 1 aromatic carbocycles. The molecule has 0 saturated heterocycles. The Labute approximate surface area is 144 Å². The van der Waals surface area contributed by atoms with E-state index in [4.69, 9.17) is 4.74 Å². The van der Waals surface area contributed by atoms with Gasteiger partial charge in [0.1, 0.15) is 10.1 Å². The van der Waals surface area contributed by atoms with E-state index in [0.29, 0.717) is 12.3 Å². The normalized spacial score (nSPS) is 11.6. The van der Waals surface area contributed by atoms with Gasteiger partial charge >= 0.3 is 5.97 Å². The van der Waals surface area contributed by atoms with Crippen molar-refractivity contribution in [2.75, 3.05) is 6.54 Å². The number of esters is 1. The van der Waals surface area contributed by atoms with E-state index in [9.17, 15) is 4.79 Å². The molecule has 0 radical (unpaired) electrons. The number of aromatic nitrogens is 1. The molecule has 23 heavy (non-hydrogen) atoms. The molecule has 1 heterocycles. The Morgan fingerprint density at radius 2 is 2.00 bits per heavy atom. The molecule has 120 valence electrons. The number of halogens is 1. The Balaban J connectivity index is 1.85. The number of rotatable bonds is 6. The van der Waals surface area contributed by atoms with Gasteiger partial charge in [-0.25, -0.2) is 0 Å². The van der Waals surface area contributed by atoms with Crippen molar-refractivity contribution < 1.29 is 9.53 Å². The van der Waals surface area contributed by atoms with E-state index in [1.54, 1.807) is 32.2 Å². The van der Waals surface area contributed by atoms with Crippen LogP contribution in [-0.2, 0) is 11.2 Å². The van der Waals surface area contributed by atoms with E-state index in [-0.39, 0.29) is 5.97 Å². The fourth-order valence-corrected chi connectivity index (χ4v) is 1.83. The summed E-state index contributed by atoms with van der Waals surface area (Å²) in [7, 11) is 0. The van der Waals surface area contributed by atoms with Crippen LogP contribution in [0.15, 0.2) is 53.7 Å². The first-order chi connectivity index (χ1) is 10.9. The minimum Gasteiger partial charge on any atom is -0.426 e. The van der Waals surface area contributed by atoms with Crippen molar-refractivity contribution in [3.8, 4) is 5.75 Å². The minimum absolute atomic E-state index is 0.325. The number of hydrogen-bond acceptors (Lipinski definition) is 4. The summed E-state index contributed by atoms with van der Waals surface area (Å²) in [6, 6.07) is 13.1. The first kappa shape index (κ1) is 17.3. The number of ether oxygens (including phenoxy) is 1. The first-order valence-electron chi connectivity index (χ1n) is 7.36. The van der Waals surface area contributed by atoms with Gasteiger partial charge in [0, 0.05) is 31.1 Å². The lowest BCUT2D eigenvalue weighted by atomic mass is 10.2. The molecule has 2 rings (SSSR count). The van der Waals surface area contributed by atoms with Crippen molar-refractivity contribution in [3.05, 3.63) is 59.9 Å². The van der Waals surface area contributed by atoms with E-state index >= 15 is 0 Å². The van der Waals surface area contributed by atoms with Gasteiger partial charge in [-0.2, -0.15) is 0 Å². The second-order valence-electron chi connectivity index (χ2n) is 5.54. The van der Waals surface area contributed by atoms with Gasteiger partial charge in [0.05, 0.1) is 0 Å². The molecule has 0 saturated carbocycles. The van der Waals surface area contributed by atoms with Crippen LogP contribution in [-0.4, -0.2) is 28.0 Å². The number of benzene rings is 1. The average Bonchev–Trinajstić information content (AvgIpc) is 2.53. The van der Waals surface area contributed by atoms with Gasteiger partial charge < -0.3 is 4.74 Å². The molecule has 0 N–H and O–H groups in total. The van der Waals surface area contributed by atoms with Gasteiger partial charge in [-0.15, -0.1) is 0 Å². The lowest BCUT2D eigenvalue weighted by molar-refractivity contribution is -0.136. The predicted molar refractivity (Wildman–Crippen MR) is 95.5 cm³/mol. The Bertz CT molecular complexity index is 662. The fraction of sp³-hybridized carbons (Fsp3) is 0.278. The summed E-state index contributed by atoms with van der Waals surface area (Å²) in [5.74, 6) is 0.197. The Morgan fingerprint density at radius 1 is 1.26 bits per heavy atom. The van der Waals surface area contributed by atoms with Crippen LogP contribution in [0.1, 0.15) is 25.1 Å². The van der Waals surface area contributed by atoms with Crippen molar-refractivity contribution in [1.82, 2.24) is 4.98 Å². The molecule has 5 heteroatoms. The van der Waals surface area contributed by atoms with Crippen LogP contribution in [0.4, 0.5) is 0 Å². The molecule has 0 aliphatic carbocycles. The number of carbonyl (C=O) groups is 1. The van der Waals surface area contributed by atoms with Gasteiger partial charge in [0.15, 0.2) is 0 Å². The van der Waals surface area contributed by atoms with E-state index in [2.05, 4.69) is 25.9 Å². The summed E-state index contributed by atoms with van der Waals surface area (Å²) in [4.78, 5) is 20.4. The zero-order valence-corrected chi connectivity index (χ0v) is 14.8. The lowest BCUT2D eigenvalue weighted by Gasteiger charge is -2.14. The van der Waals surface area contributed by atoms with Crippen LogP contribution in [0.3, 0.4) is 0 Å². The van der Waals surface area contributed by atoms with E-state index in [1.165, 1.54) is 0 Å². The van der Waals surface area contributed by atoms with Gasteiger partial charge in [-0.3, -0.25) is 14.8 Å². The standard InChI is InChI=1S/C18H19BrN2O2/c1-18(2,19)17(22)23-16-8-6-14(7-9-16)13-20-12-10-15-5-3-4-11-21-15/h3-9,11,13H,10,12H2,1-2H3. The van der Waals surface area contributed by atoms with Crippen molar-refractivity contribution in [1.29, 1.82) is 0 Å². The highest BCUT2D eigenvalue weighted by molar-refractivity contribution is 9.10. The monoisotopic (exact) mass is 374 g/mol. The third-order valence-corrected chi connectivity index (χ3v) is 3.36. The Morgan fingerprint density at radius 3 is 2.61 bits per heavy atom. The van der Waals surface area contributed by atoms with Crippen LogP contribution in [0.5, 0.6) is 5.75 Å². The number of alkyl halides is 1. The zero-order valence-electron chi connectivity index (χ0n) is 13.2. The molecule has 0 unspecified atom stereocenters. The van der Waals surface area contributed by atoms with Gasteiger partial charge in [-0.05, 0) is 55.8 Å². The summed E-state index contributed by atoms with van der Waals surface area (Å²) >= 11 is 3.28. The van der Waals surface area contributed by atoms with E-state index in [1.807, 2.05) is 36.5 Å². The van der Waals surface area contributed by atoms with Gasteiger partial charge in [0.25, 0.3) is 0 Å².